The van der Waals surface area contributed by atoms with Crippen LogP contribution in [-0.2, 0) is 4.79 Å². The molecule has 0 fully saturated rings. The van der Waals surface area contributed by atoms with Crippen molar-refractivity contribution in [3.05, 3.63) is 33.9 Å². The van der Waals surface area contributed by atoms with Gasteiger partial charge in [-0.2, -0.15) is 5.26 Å². The van der Waals surface area contributed by atoms with Crippen molar-refractivity contribution in [1.82, 2.24) is 0 Å². The van der Waals surface area contributed by atoms with Crippen molar-refractivity contribution in [2.45, 2.75) is 19.9 Å². The van der Waals surface area contributed by atoms with Gasteiger partial charge in [-0.05, 0) is 18.1 Å². The first-order valence-electron chi connectivity index (χ1n) is 5.61. The minimum atomic E-state index is -0.754. The summed E-state index contributed by atoms with van der Waals surface area (Å²) in [6.45, 7) is 3.55. The van der Waals surface area contributed by atoms with Gasteiger partial charge in [0.1, 0.15) is 5.69 Å². The second-order valence-electron chi connectivity index (χ2n) is 4.36. The molecular weight excluding hydrogens is 248 g/mol. The normalized spacial score (nSPS) is 11.7. The molecule has 0 bridgehead atoms. The van der Waals surface area contributed by atoms with Crippen molar-refractivity contribution in [2.75, 3.05) is 5.32 Å². The van der Waals surface area contributed by atoms with Crippen LogP contribution in [0.4, 0.5) is 11.4 Å². The first-order chi connectivity index (χ1) is 8.86. The fourth-order valence-corrected chi connectivity index (χ4v) is 1.38. The lowest BCUT2D eigenvalue weighted by atomic mass is 10.0. The van der Waals surface area contributed by atoms with Gasteiger partial charge in [-0.25, -0.2) is 0 Å². The van der Waals surface area contributed by atoms with Crippen LogP contribution in [0.2, 0.25) is 0 Å². The Kier molecular flexibility index (Phi) is 4.56. The van der Waals surface area contributed by atoms with Gasteiger partial charge in [0.15, 0.2) is 0 Å². The summed E-state index contributed by atoms with van der Waals surface area (Å²) in [5, 5.41) is 22.0. The Balaban J connectivity index is 3.05. The average molecular weight is 262 g/mol. The van der Waals surface area contributed by atoms with E-state index >= 15 is 0 Å². The van der Waals surface area contributed by atoms with E-state index < -0.39 is 16.9 Å². The van der Waals surface area contributed by atoms with Gasteiger partial charge in [0.25, 0.3) is 5.69 Å². The van der Waals surface area contributed by atoms with E-state index in [2.05, 4.69) is 5.32 Å². The predicted molar refractivity (Wildman–Crippen MR) is 69.3 cm³/mol. The predicted octanol–water partition coefficient (Wildman–Crippen LogP) is 1.39. The molecule has 0 saturated carbocycles. The Morgan fingerprint density at radius 3 is 2.63 bits per heavy atom. The maximum atomic E-state index is 11.8. The molecule has 0 aliphatic heterocycles. The maximum absolute atomic E-state index is 11.8. The number of hydrogen-bond donors (Lipinski definition) is 2. The number of anilines is 1. The smallest absolute Gasteiger partial charge is 0.294 e. The fourth-order valence-electron chi connectivity index (χ4n) is 1.38. The molecule has 1 aromatic rings. The molecule has 0 aliphatic rings. The number of nitro groups is 1. The standard InChI is InChI=1S/C12H14N4O3/c1-7(2)11(14)12(17)15-9-4-3-8(6-13)5-10(9)16(18)19/h3-5,7,11H,14H2,1-2H3,(H,15,17)/t11-/m0/s1. The summed E-state index contributed by atoms with van der Waals surface area (Å²) in [5.41, 5.74) is 5.51. The first-order valence-corrected chi connectivity index (χ1v) is 5.61. The summed E-state index contributed by atoms with van der Waals surface area (Å²) in [4.78, 5) is 22.0. The zero-order valence-corrected chi connectivity index (χ0v) is 10.6. The molecule has 0 heterocycles. The zero-order valence-electron chi connectivity index (χ0n) is 10.6. The number of nitriles is 1. The van der Waals surface area contributed by atoms with Gasteiger partial charge >= 0.3 is 0 Å². The molecule has 0 aromatic heterocycles. The zero-order chi connectivity index (χ0) is 14.6. The van der Waals surface area contributed by atoms with Gasteiger partial charge in [0.05, 0.1) is 22.6 Å². The van der Waals surface area contributed by atoms with Gasteiger partial charge < -0.3 is 11.1 Å². The summed E-state index contributed by atoms with van der Waals surface area (Å²) in [7, 11) is 0. The van der Waals surface area contributed by atoms with Crippen molar-refractivity contribution >= 4 is 17.3 Å². The molecular formula is C12H14N4O3. The monoisotopic (exact) mass is 262 g/mol. The van der Waals surface area contributed by atoms with E-state index in [-0.39, 0.29) is 22.9 Å². The Labute approximate surface area is 110 Å². The molecule has 3 N–H and O–H groups in total. The van der Waals surface area contributed by atoms with Crippen LogP contribution >= 0.6 is 0 Å². The molecule has 1 rings (SSSR count). The van der Waals surface area contributed by atoms with Gasteiger partial charge in [-0.3, -0.25) is 14.9 Å². The number of amides is 1. The van der Waals surface area contributed by atoms with Crippen molar-refractivity contribution in [3.63, 3.8) is 0 Å². The van der Waals surface area contributed by atoms with Gasteiger partial charge in [0, 0.05) is 6.07 Å². The summed E-state index contributed by atoms with van der Waals surface area (Å²) in [6, 6.07) is 4.87. The van der Waals surface area contributed by atoms with Crippen molar-refractivity contribution in [2.24, 2.45) is 11.7 Å². The third-order valence-corrected chi connectivity index (χ3v) is 2.60. The number of nitrogens with two attached hydrogens (primary N) is 1. The molecule has 0 aliphatic carbocycles. The summed E-state index contributed by atoms with van der Waals surface area (Å²) in [5.74, 6) is -0.583. The maximum Gasteiger partial charge on any atom is 0.294 e. The van der Waals surface area contributed by atoms with Crippen LogP contribution in [-0.4, -0.2) is 16.9 Å². The summed E-state index contributed by atoms with van der Waals surface area (Å²) >= 11 is 0. The highest BCUT2D eigenvalue weighted by atomic mass is 16.6. The number of carbonyl (C=O) groups excluding carboxylic acids is 1. The second kappa shape index (κ2) is 5.93. The van der Waals surface area contributed by atoms with Crippen LogP contribution in [0.5, 0.6) is 0 Å². The van der Waals surface area contributed by atoms with E-state index in [4.69, 9.17) is 11.0 Å². The lowest BCUT2D eigenvalue weighted by Gasteiger charge is -2.15. The van der Waals surface area contributed by atoms with Crippen molar-refractivity contribution in [1.29, 1.82) is 5.26 Å². The minimum absolute atomic E-state index is 0.0325. The molecule has 7 heteroatoms. The van der Waals surface area contributed by atoms with E-state index in [9.17, 15) is 14.9 Å². The number of nitrogens with one attached hydrogen (secondary N) is 1. The quantitative estimate of drug-likeness (QED) is 0.627. The number of rotatable bonds is 4. The third-order valence-electron chi connectivity index (χ3n) is 2.60. The van der Waals surface area contributed by atoms with Crippen molar-refractivity contribution < 1.29 is 9.72 Å². The van der Waals surface area contributed by atoms with Gasteiger partial charge in [-0.1, -0.05) is 13.8 Å². The molecule has 1 aromatic carbocycles. The van der Waals surface area contributed by atoms with Gasteiger partial charge in [-0.15, -0.1) is 0 Å². The minimum Gasteiger partial charge on any atom is -0.320 e. The highest BCUT2D eigenvalue weighted by Crippen LogP contribution is 2.25. The van der Waals surface area contributed by atoms with Crippen LogP contribution in [0, 0.1) is 27.4 Å². The third kappa shape index (κ3) is 3.50. The Morgan fingerprint density at radius 1 is 1.53 bits per heavy atom. The van der Waals surface area contributed by atoms with E-state index in [0.717, 1.165) is 6.07 Å². The summed E-state index contributed by atoms with van der Waals surface area (Å²) < 4.78 is 0. The average Bonchev–Trinajstić information content (AvgIpc) is 2.37. The molecule has 0 spiro atoms. The Morgan fingerprint density at radius 2 is 2.16 bits per heavy atom. The molecule has 0 radical (unpaired) electrons. The highest BCUT2D eigenvalue weighted by Gasteiger charge is 2.21. The van der Waals surface area contributed by atoms with Crippen LogP contribution in [0.1, 0.15) is 19.4 Å². The highest BCUT2D eigenvalue weighted by molar-refractivity contribution is 5.96. The van der Waals surface area contributed by atoms with E-state index in [1.165, 1.54) is 12.1 Å². The largest absolute Gasteiger partial charge is 0.320 e. The second-order valence-corrected chi connectivity index (χ2v) is 4.36. The van der Waals surface area contributed by atoms with Gasteiger partial charge in [0.2, 0.25) is 5.91 Å². The molecule has 19 heavy (non-hydrogen) atoms. The molecule has 0 unspecified atom stereocenters. The van der Waals surface area contributed by atoms with Crippen LogP contribution in [0.15, 0.2) is 18.2 Å². The Bertz CT molecular complexity index is 548. The SMILES string of the molecule is CC(C)[C@H](N)C(=O)Nc1ccc(C#N)cc1[N+](=O)[O-]. The van der Waals surface area contributed by atoms with Crippen molar-refractivity contribution in [3.8, 4) is 6.07 Å². The van der Waals surface area contributed by atoms with Crippen LogP contribution in [0.25, 0.3) is 0 Å². The summed E-state index contributed by atoms with van der Waals surface area (Å²) in [6.07, 6.45) is 0. The lowest BCUT2D eigenvalue weighted by Crippen LogP contribution is -2.39. The number of nitrogens with zero attached hydrogens (tertiary/aromatic N) is 2. The van der Waals surface area contributed by atoms with E-state index in [0.29, 0.717) is 0 Å². The lowest BCUT2D eigenvalue weighted by molar-refractivity contribution is -0.383. The molecule has 1 atom stereocenters. The fraction of sp³-hybridized carbons (Fsp3) is 0.333. The number of carbonyl (C=O) groups is 1. The first kappa shape index (κ1) is 14.6. The molecule has 7 nitrogen and oxygen atoms in total. The molecule has 0 saturated heterocycles. The van der Waals surface area contributed by atoms with Crippen LogP contribution < -0.4 is 11.1 Å². The van der Waals surface area contributed by atoms with Crippen LogP contribution in [0.3, 0.4) is 0 Å². The number of nitro benzene ring substituents is 1. The Hall–Kier alpha value is -2.46. The number of benzene rings is 1. The van der Waals surface area contributed by atoms with E-state index in [1.54, 1.807) is 19.9 Å². The number of hydrogen-bond acceptors (Lipinski definition) is 5. The van der Waals surface area contributed by atoms with E-state index in [1.807, 2.05) is 0 Å². The molecule has 100 valence electrons. The topological polar surface area (TPSA) is 122 Å². The molecule has 1 amide bonds.